The van der Waals surface area contributed by atoms with Crippen LogP contribution in [0.2, 0.25) is 10.0 Å². The first-order valence-electron chi connectivity index (χ1n) is 9.69. The van der Waals surface area contributed by atoms with Crippen molar-refractivity contribution in [2.75, 3.05) is 11.3 Å². The fourth-order valence-electron chi connectivity index (χ4n) is 3.38. The van der Waals surface area contributed by atoms with Crippen molar-refractivity contribution in [3.63, 3.8) is 0 Å². The lowest BCUT2D eigenvalue weighted by Gasteiger charge is -2.24. The van der Waals surface area contributed by atoms with Gasteiger partial charge < -0.3 is 0 Å². The number of rotatable bonds is 5. The molecule has 0 aromatic heterocycles. The normalized spacial score (nSPS) is 16.8. The van der Waals surface area contributed by atoms with Crippen LogP contribution < -0.4 is 5.01 Å². The van der Waals surface area contributed by atoms with E-state index in [0.29, 0.717) is 27.2 Å². The van der Waals surface area contributed by atoms with Gasteiger partial charge in [0.2, 0.25) is 0 Å². The minimum atomic E-state index is -3.90. The Balaban J connectivity index is 1.73. The molecule has 164 valence electrons. The molecule has 32 heavy (non-hydrogen) atoms. The van der Waals surface area contributed by atoms with Gasteiger partial charge in [-0.1, -0.05) is 53.5 Å². The molecule has 0 fully saturated rings. The molecule has 1 aliphatic heterocycles. The highest BCUT2D eigenvalue weighted by Crippen LogP contribution is 2.36. The van der Waals surface area contributed by atoms with E-state index >= 15 is 0 Å². The van der Waals surface area contributed by atoms with E-state index in [1.165, 1.54) is 36.0 Å². The van der Waals surface area contributed by atoms with Crippen molar-refractivity contribution in [3.05, 3.63) is 94.5 Å². The molecule has 9 heteroatoms. The summed E-state index contributed by atoms with van der Waals surface area (Å²) in [6, 6.07) is 23.2. The van der Waals surface area contributed by atoms with Gasteiger partial charge in [-0.25, -0.2) is 0 Å². The van der Waals surface area contributed by atoms with Crippen LogP contribution in [0.3, 0.4) is 0 Å². The second-order valence-electron chi connectivity index (χ2n) is 7.03. The van der Waals surface area contributed by atoms with Crippen LogP contribution in [0.15, 0.2) is 93.3 Å². The molecule has 0 radical (unpaired) electrons. The molecule has 0 spiro atoms. The molecule has 1 heterocycles. The molecule has 3 aromatic rings. The maximum absolute atomic E-state index is 12.9. The van der Waals surface area contributed by atoms with Gasteiger partial charge in [0.25, 0.3) is 10.0 Å². The van der Waals surface area contributed by atoms with Crippen LogP contribution >= 0.6 is 35.0 Å². The Kier molecular flexibility index (Phi) is 6.90. The predicted molar refractivity (Wildman–Crippen MR) is 135 cm³/mol. The number of anilines is 1. The van der Waals surface area contributed by atoms with Gasteiger partial charge in [0.1, 0.15) is 5.04 Å². The lowest BCUT2D eigenvalue weighted by Crippen LogP contribution is -2.18. The summed E-state index contributed by atoms with van der Waals surface area (Å²) in [5, 5.41) is 8.12. The quantitative estimate of drug-likeness (QED) is 0.296. The number of nitrogens with zero attached hydrogens (tertiary/aromatic N) is 3. The van der Waals surface area contributed by atoms with E-state index in [4.69, 9.17) is 28.3 Å². The topological polar surface area (TPSA) is 62.1 Å². The van der Waals surface area contributed by atoms with Crippen LogP contribution in [0.5, 0.6) is 0 Å². The molecule has 4 rings (SSSR count). The lowest BCUT2D eigenvalue weighted by molar-refractivity contribution is 0.598. The van der Waals surface area contributed by atoms with Crippen molar-refractivity contribution in [1.82, 2.24) is 0 Å². The molecule has 3 aromatic carbocycles. The first kappa shape index (κ1) is 22.9. The van der Waals surface area contributed by atoms with Gasteiger partial charge in [0.05, 0.1) is 22.3 Å². The number of hydrogen-bond donors (Lipinski definition) is 0. The van der Waals surface area contributed by atoms with Crippen LogP contribution in [0.4, 0.5) is 5.69 Å². The van der Waals surface area contributed by atoms with Gasteiger partial charge in [-0.05, 0) is 60.4 Å². The van der Waals surface area contributed by atoms with E-state index in [1.807, 2.05) is 47.5 Å². The number of sulfonamides is 1. The van der Waals surface area contributed by atoms with Gasteiger partial charge in [-0.3, -0.25) is 5.01 Å². The van der Waals surface area contributed by atoms with Crippen molar-refractivity contribution in [2.45, 2.75) is 17.4 Å². The van der Waals surface area contributed by atoms with Crippen LogP contribution in [-0.2, 0) is 10.0 Å². The third kappa shape index (κ3) is 5.02. The summed E-state index contributed by atoms with van der Waals surface area (Å²) in [5.74, 6) is 0. The SMILES string of the molecule is CSC(=NS(=O)(=O)c1ccc(Cl)cc1)C1=NN(c2ccc(Cl)cc2)C(c2ccccc2)C1. The summed E-state index contributed by atoms with van der Waals surface area (Å²) >= 11 is 13.2. The van der Waals surface area contributed by atoms with E-state index in [1.54, 1.807) is 18.4 Å². The lowest BCUT2D eigenvalue weighted by atomic mass is 10.0. The minimum absolute atomic E-state index is 0.0845. The summed E-state index contributed by atoms with van der Waals surface area (Å²) in [7, 11) is -3.90. The number of hydrazone groups is 1. The first-order valence-corrected chi connectivity index (χ1v) is 13.1. The van der Waals surface area contributed by atoms with Crippen molar-refractivity contribution >= 4 is 61.4 Å². The minimum Gasteiger partial charge on any atom is -0.257 e. The van der Waals surface area contributed by atoms with E-state index in [0.717, 1.165) is 11.3 Å². The van der Waals surface area contributed by atoms with Crippen molar-refractivity contribution in [2.24, 2.45) is 9.50 Å². The van der Waals surface area contributed by atoms with E-state index < -0.39 is 10.0 Å². The van der Waals surface area contributed by atoms with Crippen molar-refractivity contribution < 1.29 is 8.42 Å². The Labute approximate surface area is 201 Å². The van der Waals surface area contributed by atoms with Crippen molar-refractivity contribution in [1.29, 1.82) is 0 Å². The van der Waals surface area contributed by atoms with Crippen LogP contribution in [0, 0.1) is 0 Å². The summed E-state index contributed by atoms with van der Waals surface area (Å²) in [5.41, 5.74) is 2.54. The summed E-state index contributed by atoms with van der Waals surface area (Å²) in [6.07, 6.45) is 2.31. The largest absolute Gasteiger partial charge is 0.283 e. The van der Waals surface area contributed by atoms with Crippen LogP contribution in [0.1, 0.15) is 18.0 Å². The van der Waals surface area contributed by atoms with Crippen molar-refractivity contribution in [3.8, 4) is 0 Å². The molecule has 0 amide bonds. The van der Waals surface area contributed by atoms with Crippen LogP contribution in [0.25, 0.3) is 0 Å². The predicted octanol–water partition coefficient (Wildman–Crippen LogP) is 6.45. The molecule has 0 saturated carbocycles. The monoisotopic (exact) mass is 503 g/mol. The van der Waals surface area contributed by atoms with Crippen LogP contribution in [-0.4, -0.2) is 25.4 Å². The summed E-state index contributed by atoms with van der Waals surface area (Å²) in [4.78, 5) is 0.0845. The molecule has 5 nitrogen and oxygen atoms in total. The zero-order chi connectivity index (χ0) is 22.7. The average Bonchev–Trinajstić information content (AvgIpc) is 3.24. The van der Waals surface area contributed by atoms with Gasteiger partial charge in [-0.2, -0.15) is 17.9 Å². The molecular weight excluding hydrogens is 485 g/mol. The second kappa shape index (κ2) is 9.67. The van der Waals surface area contributed by atoms with Gasteiger partial charge in [-0.15, -0.1) is 11.8 Å². The fraction of sp³-hybridized carbons (Fsp3) is 0.130. The molecule has 0 aliphatic carbocycles. The molecule has 1 aliphatic rings. The van der Waals surface area contributed by atoms with E-state index in [9.17, 15) is 8.42 Å². The summed E-state index contributed by atoms with van der Waals surface area (Å²) in [6.45, 7) is 0. The van der Waals surface area contributed by atoms with Gasteiger partial charge in [0, 0.05) is 16.5 Å². The third-order valence-electron chi connectivity index (χ3n) is 4.94. The molecule has 1 unspecified atom stereocenters. The van der Waals surface area contributed by atoms with E-state index in [-0.39, 0.29) is 10.9 Å². The first-order chi connectivity index (χ1) is 15.4. The Morgan fingerprint density at radius 2 is 1.56 bits per heavy atom. The van der Waals surface area contributed by atoms with Gasteiger partial charge >= 0.3 is 0 Å². The summed E-state index contributed by atoms with van der Waals surface area (Å²) < 4.78 is 29.9. The molecule has 0 N–H and O–H groups in total. The zero-order valence-corrected chi connectivity index (χ0v) is 20.2. The smallest absolute Gasteiger partial charge is 0.257 e. The second-order valence-corrected chi connectivity index (χ2v) is 10.3. The fourth-order valence-corrected chi connectivity index (χ4v) is 5.50. The number of benzene rings is 3. The number of hydrogen-bond acceptors (Lipinski definition) is 5. The maximum atomic E-state index is 12.9. The Morgan fingerprint density at radius 1 is 0.969 bits per heavy atom. The van der Waals surface area contributed by atoms with E-state index in [2.05, 4.69) is 4.40 Å². The standard InChI is InChI=1S/C23H19Cl2N3O2S2/c1-31-23(27-32(29,30)20-13-9-18(25)10-14-20)21-15-22(16-5-3-2-4-6-16)28(26-21)19-11-7-17(24)8-12-19/h2-14,22H,15H2,1H3. The highest BCUT2D eigenvalue weighted by Gasteiger charge is 2.32. The molecule has 0 saturated heterocycles. The Morgan fingerprint density at radius 3 is 2.16 bits per heavy atom. The Hall–Kier alpha value is -2.32. The highest BCUT2D eigenvalue weighted by atomic mass is 35.5. The molecule has 0 bridgehead atoms. The maximum Gasteiger partial charge on any atom is 0.283 e. The molecular formula is C23H19Cl2N3O2S2. The highest BCUT2D eigenvalue weighted by molar-refractivity contribution is 8.15. The zero-order valence-electron chi connectivity index (χ0n) is 17.0. The van der Waals surface area contributed by atoms with Gasteiger partial charge in [0.15, 0.2) is 0 Å². The third-order valence-corrected chi connectivity index (χ3v) is 7.56. The molecule has 1 atom stereocenters. The average molecular weight is 504 g/mol. The Bertz CT molecular complexity index is 1260. The number of halogens is 2. The number of thioether (sulfide) groups is 1.